The summed E-state index contributed by atoms with van der Waals surface area (Å²) in [6.07, 6.45) is 0. The highest BCUT2D eigenvalue weighted by Gasteiger charge is 2.13. The van der Waals surface area contributed by atoms with Crippen LogP contribution < -0.4 is 5.32 Å². The van der Waals surface area contributed by atoms with Crippen molar-refractivity contribution in [2.75, 3.05) is 6.61 Å². The minimum Gasteiger partial charge on any atom is -0.480 e. The molecule has 0 aliphatic carbocycles. The minimum atomic E-state index is -1.07. The lowest BCUT2D eigenvalue weighted by atomic mass is 10.2. The zero-order valence-electron chi connectivity index (χ0n) is 9.55. The van der Waals surface area contributed by atoms with E-state index in [9.17, 15) is 9.59 Å². The number of rotatable bonds is 6. The molecule has 0 heterocycles. The lowest BCUT2D eigenvalue weighted by Gasteiger charge is -2.09. The van der Waals surface area contributed by atoms with Gasteiger partial charge in [0.25, 0.3) is 0 Å². The van der Waals surface area contributed by atoms with Gasteiger partial charge in [-0.1, -0.05) is 30.3 Å². The zero-order chi connectivity index (χ0) is 12.7. The Bertz CT molecular complexity index is 377. The minimum absolute atomic E-state index is 0.146. The van der Waals surface area contributed by atoms with Gasteiger partial charge in [-0.25, -0.2) is 0 Å². The summed E-state index contributed by atoms with van der Waals surface area (Å²) in [5.74, 6) is -1.50. The average Bonchev–Trinajstić information content (AvgIpc) is 2.30. The number of ether oxygens (including phenoxy) is 1. The van der Waals surface area contributed by atoms with Crippen LogP contribution >= 0.6 is 0 Å². The number of nitrogens with one attached hydrogen (secondary N) is 1. The lowest BCUT2D eigenvalue weighted by molar-refractivity contribution is -0.142. The van der Waals surface area contributed by atoms with Gasteiger partial charge in [0.05, 0.1) is 6.61 Å². The van der Waals surface area contributed by atoms with Crippen LogP contribution in [0.3, 0.4) is 0 Å². The second kappa shape index (κ2) is 6.65. The molecular weight excluding hydrogens is 222 g/mol. The summed E-state index contributed by atoms with van der Waals surface area (Å²) in [7, 11) is 0. The monoisotopic (exact) mass is 237 g/mol. The van der Waals surface area contributed by atoms with Crippen LogP contribution in [-0.2, 0) is 20.9 Å². The number of amides is 1. The molecule has 5 nitrogen and oxygen atoms in total. The average molecular weight is 237 g/mol. The molecule has 0 radical (unpaired) electrons. The molecule has 1 aromatic rings. The second-order valence-corrected chi connectivity index (χ2v) is 3.61. The Morgan fingerprint density at radius 2 is 2.00 bits per heavy atom. The molecule has 0 spiro atoms. The van der Waals surface area contributed by atoms with Gasteiger partial charge in [-0.15, -0.1) is 0 Å². The number of hydrogen-bond donors (Lipinski definition) is 2. The van der Waals surface area contributed by atoms with Gasteiger partial charge in [-0.05, 0) is 12.5 Å². The summed E-state index contributed by atoms with van der Waals surface area (Å²) in [6.45, 7) is 1.58. The van der Waals surface area contributed by atoms with Crippen LogP contribution in [0.25, 0.3) is 0 Å². The third-order valence-corrected chi connectivity index (χ3v) is 2.09. The van der Waals surface area contributed by atoms with Crippen LogP contribution in [0, 0.1) is 0 Å². The van der Waals surface area contributed by atoms with Gasteiger partial charge in [0.2, 0.25) is 5.91 Å². The predicted molar refractivity (Wildman–Crippen MR) is 61.3 cm³/mol. The Morgan fingerprint density at radius 1 is 1.35 bits per heavy atom. The van der Waals surface area contributed by atoms with Crippen LogP contribution in [0.2, 0.25) is 0 Å². The number of carboxylic acids is 1. The molecule has 17 heavy (non-hydrogen) atoms. The third kappa shape index (κ3) is 5.12. The van der Waals surface area contributed by atoms with Crippen molar-refractivity contribution in [2.45, 2.75) is 19.6 Å². The van der Waals surface area contributed by atoms with Gasteiger partial charge >= 0.3 is 5.97 Å². The second-order valence-electron chi connectivity index (χ2n) is 3.61. The highest BCUT2D eigenvalue weighted by Crippen LogP contribution is 1.99. The normalized spacial score (nSPS) is 11.8. The van der Waals surface area contributed by atoms with Gasteiger partial charge in [0.1, 0.15) is 12.6 Å². The largest absolute Gasteiger partial charge is 0.480 e. The standard InChI is InChI=1S/C12H15NO4/c1-9(12(15)16)13-11(14)8-17-7-10-5-3-2-4-6-10/h2-6,9H,7-8H2,1H3,(H,13,14)(H,15,16). The first-order chi connectivity index (χ1) is 8.09. The maximum absolute atomic E-state index is 11.2. The molecule has 1 atom stereocenters. The number of hydrogen-bond acceptors (Lipinski definition) is 3. The fourth-order valence-corrected chi connectivity index (χ4v) is 1.18. The maximum Gasteiger partial charge on any atom is 0.325 e. The Labute approximate surface area is 99.4 Å². The lowest BCUT2D eigenvalue weighted by Crippen LogP contribution is -2.40. The number of carbonyl (C=O) groups is 2. The molecule has 0 saturated carbocycles. The van der Waals surface area contributed by atoms with Crippen LogP contribution in [0.15, 0.2) is 30.3 Å². The van der Waals surface area contributed by atoms with Crippen molar-refractivity contribution in [1.82, 2.24) is 5.32 Å². The highest BCUT2D eigenvalue weighted by molar-refractivity contribution is 5.83. The van der Waals surface area contributed by atoms with E-state index in [1.165, 1.54) is 6.92 Å². The molecule has 1 unspecified atom stereocenters. The SMILES string of the molecule is CC(NC(=O)COCc1ccccc1)C(=O)O. The van der Waals surface area contributed by atoms with E-state index >= 15 is 0 Å². The van der Waals surface area contributed by atoms with Gasteiger partial charge in [0, 0.05) is 0 Å². The number of carbonyl (C=O) groups excluding carboxylic acids is 1. The van der Waals surface area contributed by atoms with Crippen molar-refractivity contribution in [3.05, 3.63) is 35.9 Å². The summed E-state index contributed by atoms with van der Waals surface area (Å²) in [4.78, 5) is 21.7. The van der Waals surface area contributed by atoms with Gasteiger partial charge in [-0.3, -0.25) is 9.59 Å². The van der Waals surface area contributed by atoms with Crippen LogP contribution in [-0.4, -0.2) is 29.6 Å². The molecule has 0 bridgehead atoms. The van der Waals surface area contributed by atoms with Gasteiger partial charge in [-0.2, -0.15) is 0 Å². The first-order valence-corrected chi connectivity index (χ1v) is 5.23. The predicted octanol–water partition coefficient (Wildman–Crippen LogP) is 0.792. The van der Waals surface area contributed by atoms with E-state index in [4.69, 9.17) is 9.84 Å². The van der Waals surface area contributed by atoms with Crippen molar-refractivity contribution in [2.24, 2.45) is 0 Å². The third-order valence-electron chi connectivity index (χ3n) is 2.09. The van der Waals surface area contributed by atoms with Crippen molar-refractivity contribution in [3.63, 3.8) is 0 Å². The Balaban J connectivity index is 2.23. The van der Waals surface area contributed by atoms with Crippen molar-refractivity contribution >= 4 is 11.9 Å². The summed E-state index contributed by atoms with van der Waals surface area (Å²) in [5.41, 5.74) is 0.964. The molecule has 2 N–H and O–H groups in total. The molecule has 0 aliphatic rings. The van der Waals surface area contributed by atoms with Crippen molar-refractivity contribution in [1.29, 1.82) is 0 Å². The van der Waals surface area contributed by atoms with E-state index in [0.717, 1.165) is 5.56 Å². The van der Waals surface area contributed by atoms with E-state index in [2.05, 4.69) is 5.32 Å². The molecule has 92 valence electrons. The van der Waals surface area contributed by atoms with Crippen LogP contribution in [0.4, 0.5) is 0 Å². The Kier molecular flexibility index (Phi) is 5.16. The molecule has 0 aromatic heterocycles. The topological polar surface area (TPSA) is 75.6 Å². The first kappa shape index (κ1) is 13.2. The van der Waals surface area contributed by atoms with Gasteiger partial charge < -0.3 is 15.2 Å². The number of aliphatic carboxylic acids is 1. The summed E-state index contributed by atoms with van der Waals surface area (Å²) in [5, 5.41) is 10.9. The summed E-state index contributed by atoms with van der Waals surface area (Å²) >= 11 is 0. The molecule has 5 heteroatoms. The fraction of sp³-hybridized carbons (Fsp3) is 0.333. The molecule has 1 aromatic carbocycles. The molecule has 0 saturated heterocycles. The smallest absolute Gasteiger partial charge is 0.325 e. The van der Waals surface area contributed by atoms with E-state index in [1.807, 2.05) is 30.3 Å². The molecule has 1 rings (SSSR count). The summed E-state index contributed by atoms with van der Waals surface area (Å²) in [6, 6.07) is 8.53. The van der Waals surface area contributed by atoms with E-state index < -0.39 is 17.9 Å². The van der Waals surface area contributed by atoms with Crippen molar-refractivity contribution in [3.8, 4) is 0 Å². The first-order valence-electron chi connectivity index (χ1n) is 5.23. The van der Waals surface area contributed by atoms with E-state index in [1.54, 1.807) is 0 Å². The number of benzene rings is 1. The zero-order valence-corrected chi connectivity index (χ0v) is 9.55. The Morgan fingerprint density at radius 3 is 2.59 bits per heavy atom. The van der Waals surface area contributed by atoms with Gasteiger partial charge in [0.15, 0.2) is 0 Å². The van der Waals surface area contributed by atoms with Crippen LogP contribution in [0.1, 0.15) is 12.5 Å². The molecule has 1 amide bonds. The quantitative estimate of drug-likeness (QED) is 0.767. The van der Waals surface area contributed by atoms with E-state index in [-0.39, 0.29) is 6.61 Å². The highest BCUT2D eigenvalue weighted by atomic mass is 16.5. The van der Waals surface area contributed by atoms with Crippen molar-refractivity contribution < 1.29 is 19.4 Å². The Hall–Kier alpha value is -1.88. The fourth-order valence-electron chi connectivity index (χ4n) is 1.18. The van der Waals surface area contributed by atoms with Crippen LogP contribution in [0.5, 0.6) is 0 Å². The summed E-state index contributed by atoms with van der Waals surface area (Å²) < 4.78 is 5.16. The molecular formula is C12H15NO4. The molecule has 0 aliphatic heterocycles. The molecule has 0 fully saturated rings. The maximum atomic E-state index is 11.2. The van der Waals surface area contributed by atoms with E-state index in [0.29, 0.717) is 6.61 Å². The number of carboxylic acid groups (broad SMARTS) is 1.